The van der Waals surface area contributed by atoms with E-state index in [-0.39, 0.29) is 37.3 Å². The summed E-state index contributed by atoms with van der Waals surface area (Å²) in [6, 6.07) is 26.7. The van der Waals surface area contributed by atoms with Gasteiger partial charge in [0.25, 0.3) is 11.8 Å². The molecule has 0 aromatic heterocycles. The van der Waals surface area contributed by atoms with Crippen LogP contribution in [0.2, 0.25) is 23.7 Å². The molecule has 1 spiro atoms. The monoisotopic (exact) mass is 755 g/mol. The van der Waals surface area contributed by atoms with Gasteiger partial charge in [0.1, 0.15) is 5.75 Å². The topological polar surface area (TPSA) is 108 Å². The van der Waals surface area contributed by atoms with Crippen molar-refractivity contribution >= 4 is 49.1 Å². The Labute approximate surface area is 314 Å². The number of aliphatic hydroxyl groups is 1. The predicted octanol–water partition coefficient (Wildman–Crippen LogP) is 7.26. The van der Waals surface area contributed by atoms with Gasteiger partial charge in [-0.1, -0.05) is 54.9 Å². The molecule has 0 bridgehead atoms. The molecule has 1 saturated heterocycles. The Balaban J connectivity index is 1.14. The van der Waals surface area contributed by atoms with Gasteiger partial charge >= 0.3 is 0 Å². The standard InChI is InChI=1S/C41H43ClFN3O6Si/c1-25-38(53(3,4)43)36(21-37(48)45-23-29-8-6-5-7-28(29)19-32(45)24-47)52-41(25)34-20-30(42)13-18-35(34)46(40(41)50)22-26-9-14-31(15-10-26)44-39(49)27-11-16-33(51-2)17-12-27/h5-18,20,25,32,36,38,47H,19,21-24H2,1-4H3,(H,44,49)/t25-,32-,36+,38-,41+/m0/s1. The Morgan fingerprint density at radius 2 is 1.74 bits per heavy atom. The molecule has 0 saturated carbocycles. The van der Waals surface area contributed by atoms with Crippen molar-refractivity contribution in [2.45, 2.75) is 69.2 Å². The molecule has 5 atom stereocenters. The number of rotatable bonds is 9. The molecule has 2 N–H and O–H groups in total. The second-order valence-electron chi connectivity index (χ2n) is 14.7. The third kappa shape index (κ3) is 6.75. The van der Waals surface area contributed by atoms with Crippen LogP contribution in [0.1, 0.15) is 46.0 Å². The predicted molar refractivity (Wildman–Crippen MR) is 204 cm³/mol. The fourth-order valence-electron chi connectivity index (χ4n) is 8.53. The lowest BCUT2D eigenvalue weighted by Gasteiger charge is -2.37. The van der Waals surface area contributed by atoms with Crippen LogP contribution in [0, 0.1) is 5.92 Å². The molecular formula is C41H43ClFN3O6Si. The molecule has 3 heterocycles. The zero-order valence-electron chi connectivity index (χ0n) is 30.1. The van der Waals surface area contributed by atoms with Gasteiger partial charge in [-0.3, -0.25) is 14.4 Å². The minimum atomic E-state index is -3.54. The van der Waals surface area contributed by atoms with E-state index in [0.717, 1.165) is 16.7 Å². The first kappa shape index (κ1) is 36.8. The Kier molecular flexibility index (Phi) is 9.96. The zero-order chi connectivity index (χ0) is 37.7. The van der Waals surface area contributed by atoms with Crippen LogP contribution in [0.5, 0.6) is 5.75 Å². The van der Waals surface area contributed by atoms with Crippen molar-refractivity contribution in [1.29, 1.82) is 0 Å². The molecule has 0 radical (unpaired) electrons. The molecule has 1 fully saturated rings. The van der Waals surface area contributed by atoms with E-state index in [2.05, 4.69) is 5.32 Å². The first-order chi connectivity index (χ1) is 25.3. The SMILES string of the molecule is COc1ccc(C(=O)Nc2ccc(CN3C(=O)[C@]4(O[C@H](CC(=O)N5Cc6ccccc6C[C@H]5CO)[C@@H]([Si](C)(C)F)[C@@H]4C)c4cc(Cl)ccc43)cc2)cc1. The fourth-order valence-corrected chi connectivity index (χ4v) is 11.2. The maximum absolute atomic E-state index is 16.5. The van der Waals surface area contributed by atoms with Crippen molar-refractivity contribution < 1.29 is 33.1 Å². The summed E-state index contributed by atoms with van der Waals surface area (Å²) in [5.74, 6) is -0.802. The van der Waals surface area contributed by atoms with Gasteiger partial charge in [0, 0.05) is 39.8 Å². The highest BCUT2D eigenvalue weighted by Crippen LogP contribution is 2.60. The van der Waals surface area contributed by atoms with Crippen LogP contribution in [0.15, 0.2) is 91.0 Å². The quantitative estimate of drug-likeness (QED) is 0.138. The molecule has 53 heavy (non-hydrogen) atoms. The average Bonchev–Trinajstić information content (AvgIpc) is 3.57. The lowest BCUT2D eigenvalue weighted by molar-refractivity contribution is -0.151. The maximum Gasteiger partial charge on any atom is 0.264 e. The molecule has 4 aromatic carbocycles. The molecular weight excluding hydrogens is 713 g/mol. The zero-order valence-corrected chi connectivity index (χ0v) is 31.9. The van der Waals surface area contributed by atoms with Crippen LogP contribution in [-0.4, -0.2) is 62.0 Å². The van der Waals surface area contributed by atoms with Gasteiger partial charge in [-0.2, -0.15) is 0 Å². The Hall–Kier alpha value is -4.55. The highest BCUT2D eigenvalue weighted by atomic mass is 35.5. The summed E-state index contributed by atoms with van der Waals surface area (Å²) in [5, 5.41) is 13.6. The van der Waals surface area contributed by atoms with Crippen LogP contribution in [0.4, 0.5) is 15.5 Å². The van der Waals surface area contributed by atoms with Gasteiger partial charge in [-0.05, 0) is 90.8 Å². The number of carbonyl (C=O) groups is 3. The Morgan fingerprint density at radius 1 is 1.04 bits per heavy atom. The summed E-state index contributed by atoms with van der Waals surface area (Å²) in [6.45, 7) is 5.38. The minimum Gasteiger partial charge on any atom is -0.497 e. The number of amides is 3. The number of halogens is 2. The van der Waals surface area contributed by atoms with E-state index in [1.54, 1.807) is 84.6 Å². The molecule has 12 heteroatoms. The number of methoxy groups -OCH3 is 1. The lowest BCUT2D eigenvalue weighted by atomic mass is 9.82. The molecule has 0 unspecified atom stereocenters. The molecule has 276 valence electrons. The summed E-state index contributed by atoms with van der Waals surface area (Å²) >= 11 is 6.55. The number of nitrogens with zero attached hydrogens (tertiary/aromatic N) is 2. The number of hydrogen-bond donors (Lipinski definition) is 2. The van der Waals surface area contributed by atoms with Crippen molar-refractivity contribution in [1.82, 2.24) is 4.90 Å². The van der Waals surface area contributed by atoms with Gasteiger partial charge in [-0.25, -0.2) is 0 Å². The van der Waals surface area contributed by atoms with Crippen molar-refractivity contribution in [2.24, 2.45) is 5.92 Å². The smallest absolute Gasteiger partial charge is 0.264 e. The lowest BCUT2D eigenvalue weighted by Crippen LogP contribution is -2.48. The number of aliphatic hydroxyl groups excluding tert-OH is 1. The maximum atomic E-state index is 16.5. The van der Waals surface area contributed by atoms with E-state index in [1.165, 1.54) is 0 Å². The molecule has 3 aliphatic heterocycles. The molecule has 3 amide bonds. The fraction of sp³-hybridized carbons (Fsp3) is 0.341. The Morgan fingerprint density at radius 3 is 2.40 bits per heavy atom. The van der Waals surface area contributed by atoms with Gasteiger partial charge in [0.2, 0.25) is 14.3 Å². The van der Waals surface area contributed by atoms with E-state index >= 15 is 4.11 Å². The number of ether oxygens (including phenoxy) is 2. The summed E-state index contributed by atoms with van der Waals surface area (Å²) in [6.07, 6.45) is -0.472. The molecule has 3 aliphatic rings. The van der Waals surface area contributed by atoms with Crippen LogP contribution in [-0.2, 0) is 39.4 Å². The highest BCUT2D eigenvalue weighted by Gasteiger charge is 2.67. The third-order valence-corrected chi connectivity index (χ3v) is 13.8. The number of benzene rings is 4. The normalized spacial score (nSPS) is 23.6. The average molecular weight is 756 g/mol. The van der Waals surface area contributed by atoms with E-state index in [4.69, 9.17) is 21.1 Å². The molecule has 4 aromatic rings. The largest absolute Gasteiger partial charge is 0.497 e. The molecule has 7 rings (SSSR count). The minimum absolute atomic E-state index is 0.122. The third-order valence-electron chi connectivity index (χ3n) is 11.1. The van der Waals surface area contributed by atoms with Crippen LogP contribution < -0.4 is 15.0 Å². The van der Waals surface area contributed by atoms with Gasteiger partial charge in [0.05, 0.1) is 44.5 Å². The molecule has 0 aliphatic carbocycles. The van der Waals surface area contributed by atoms with Crippen molar-refractivity contribution in [3.63, 3.8) is 0 Å². The summed E-state index contributed by atoms with van der Waals surface area (Å²) < 4.78 is 28.5. The van der Waals surface area contributed by atoms with E-state index in [0.29, 0.717) is 46.2 Å². The summed E-state index contributed by atoms with van der Waals surface area (Å²) in [5.41, 5.74) is 2.91. The number of anilines is 2. The summed E-state index contributed by atoms with van der Waals surface area (Å²) in [4.78, 5) is 45.1. The van der Waals surface area contributed by atoms with E-state index < -0.39 is 37.6 Å². The number of carbonyl (C=O) groups excluding carboxylic acids is 3. The molecule has 9 nitrogen and oxygen atoms in total. The number of nitrogens with one attached hydrogen (secondary N) is 1. The first-order valence-electron chi connectivity index (χ1n) is 17.8. The van der Waals surface area contributed by atoms with Gasteiger partial charge < -0.3 is 33.8 Å². The van der Waals surface area contributed by atoms with Crippen LogP contribution in [0.3, 0.4) is 0 Å². The van der Waals surface area contributed by atoms with Crippen LogP contribution in [0.25, 0.3) is 0 Å². The van der Waals surface area contributed by atoms with Crippen molar-refractivity contribution in [3.8, 4) is 5.75 Å². The van der Waals surface area contributed by atoms with E-state index in [1.807, 2.05) is 43.3 Å². The Bertz CT molecular complexity index is 2040. The van der Waals surface area contributed by atoms with Crippen LogP contribution >= 0.6 is 11.6 Å². The summed E-state index contributed by atoms with van der Waals surface area (Å²) in [7, 11) is -1.98. The van der Waals surface area contributed by atoms with Gasteiger partial charge in [-0.15, -0.1) is 0 Å². The van der Waals surface area contributed by atoms with Gasteiger partial charge in [0.15, 0.2) is 5.60 Å². The highest BCUT2D eigenvalue weighted by molar-refractivity contribution is 6.72. The van der Waals surface area contributed by atoms with Crippen molar-refractivity contribution in [3.05, 3.63) is 124 Å². The second kappa shape index (κ2) is 14.4. The van der Waals surface area contributed by atoms with Crippen molar-refractivity contribution in [2.75, 3.05) is 23.9 Å². The number of hydrogen-bond acceptors (Lipinski definition) is 6. The number of fused-ring (bicyclic) bond motifs is 3. The van der Waals surface area contributed by atoms with E-state index in [9.17, 15) is 19.5 Å². The second-order valence-corrected chi connectivity index (χ2v) is 19.0. The first-order valence-corrected chi connectivity index (χ1v) is 21.2.